The van der Waals surface area contributed by atoms with Gasteiger partial charge in [-0.15, -0.1) is 0 Å². The predicted molar refractivity (Wildman–Crippen MR) is 76.2 cm³/mol. The largest absolute Gasteiger partial charge is 0.379 e. The minimum Gasteiger partial charge on any atom is -0.379 e. The standard InChI is InChI=1S/C14H18FN3O3/c1-8(19)17-11-5-9(3-4-10(11)15)18-13(20)14(2)7-21-6-12(14)16/h3-5,12H,6-7,16H2,1-2H3,(H,17,19)(H,18,20). The molecule has 1 aliphatic heterocycles. The number of amides is 2. The van der Waals surface area contributed by atoms with E-state index >= 15 is 0 Å². The molecule has 1 saturated heterocycles. The molecule has 21 heavy (non-hydrogen) atoms. The van der Waals surface area contributed by atoms with Crippen LogP contribution in [0.15, 0.2) is 18.2 Å². The minimum absolute atomic E-state index is 0.0115. The Balaban J connectivity index is 2.16. The number of hydrogen-bond donors (Lipinski definition) is 3. The van der Waals surface area contributed by atoms with Crippen LogP contribution in [-0.4, -0.2) is 31.1 Å². The fourth-order valence-electron chi connectivity index (χ4n) is 2.09. The first-order chi connectivity index (χ1) is 9.83. The van der Waals surface area contributed by atoms with Crippen LogP contribution in [0.1, 0.15) is 13.8 Å². The highest BCUT2D eigenvalue weighted by Gasteiger charge is 2.44. The summed E-state index contributed by atoms with van der Waals surface area (Å²) in [6.45, 7) is 3.56. The Bertz CT molecular complexity index is 579. The number of hydrogen-bond acceptors (Lipinski definition) is 4. The van der Waals surface area contributed by atoms with Crippen molar-refractivity contribution in [1.82, 2.24) is 0 Å². The highest BCUT2D eigenvalue weighted by molar-refractivity contribution is 5.97. The average Bonchev–Trinajstić information content (AvgIpc) is 2.74. The summed E-state index contributed by atoms with van der Waals surface area (Å²) >= 11 is 0. The van der Waals surface area contributed by atoms with E-state index in [9.17, 15) is 14.0 Å². The highest BCUT2D eigenvalue weighted by atomic mass is 19.1. The molecule has 0 aliphatic carbocycles. The lowest BCUT2D eigenvalue weighted by Crippen LogP contribution is -2.47. The second-order valence-corrected chi connectivity index (χ2v) is 5.37. The summed E-state index contributed by atoms with van der Waals surface area (Å²) in [6, 6.07) is 3.56. The number of nitrogens with one attached hydrogen (secondary N) is 2. The van der Waals surface area contributed by atoms with Crippen LogP contribution in [0.3, 0.4) is 0 Å². The van der Waals surface area contributed by atoms with E-state index in [0.717, 1.165) is 0 Å². The van der Waals surface area contributed by atoms with Crippen LogP contribution in [0.2, 0.25) is 0 Å². The Kier molecular flexibility index (Phi) is 4.24. The summed E-state index contributed by atoms with van der Waals surface area (Å²) < 4.78 is 18.8. The maximum Gasteiger partial charge on any atom is 0.234 e. The zero-order valence-electron chi connectivity index (χ0n) is 11.9. The third kappa shape index (κ3) is 3.20. The van der Waals surface area contributed by atoms with Gasteiger partial charge in [-0.1, -0.05) is 0 Å². The van der Waals surface area contributed by atoms with Crippen LogP contribution in [-0.2, 0) is 14.3 Å². The maximum absolute atomic E-state index is 13.5. The molecule has 2 unspecified atom stereocenters. The van der Waals surface area contributed by atoms with Gasteiger partial charge >= 0.3 is 0 Å². The Hall–Kier alpha value is -1.99. The zero-order chi connectivity index (χ0) is 15.6. The van der Waals surface area contributed by atoms with E-state index in [1.807, 2.05) is 0 Å². The van der Waals surface area contributed by atoms with Gasteiger partial charge in [-0.2, -0.15) is 0 Å². The second-order valence-electron chi connectivity index (χ2n) is 5.37. The smallest absolute Gasteiger partial charge is 0.234 e. The Morgan fingerprint density at radius 3 is 2.71 bits per heavy atom. The topological polar surface area (TPSA) is 93.5 Å². The van der Waals surface area contributed by atoms with Gasteiger partial charge in [0.2, 0.25) is 11.8 Å². The molecule has 1 aliphatic rings. The number of halogens is 1. The summed E-state index contributed by atoms with van der Waals surface area (Å²) in [5.74, 6) is -1.27. The Labute approximate surface area is 121 Å². The molecule has 114 valence electrons. The van der Waals surface area contributed by atoms with Gasteiger partial charge in [0.1, 0.15) is 5.82 Å². The van der Waals surface area contributed by atoms with Gasteiger partial charge < -0.3 is 21.1 Å². The fourth-order valence-corrected chi connectivity index (χ4v) is 2.09. The number of nitrogens with two attached hydrogens (primary N) is 1. The van der Waals surface area contributed by atoms with E-state index in [-0.39, 0.29) is 18.2 Å². The lowest BCUT2D eigenvalue weighted by Gasteiger charge is -2.25. The molecule has 1 aromatic rings. The number of benzene rings is 1. The quantitative estimate of drug-likeness (QED) is 0.778. The van der Waals surface area contributed by atoms with Crippen molar-refractivity contribution in [1.29, 1.82) is 0 Å². The van der Waals surface area contributed by atoms with E-state index in [1.54, 1.807) is 6.92 Å². The second kappa shape index (κ2) is 5.79. The molecular formula is C14H18FN3O3. The van der Waals surface area contributed by atoms with Crippen LogP contribution >= 0.6 is 0 Å². The molecule has 2 rings (SSSR count). The van der Waals surface area contributed by atoms with Gasteiger partial charge in [0.25, 0.3) is 0 Å². The van der Waals surface area contributed by atoms with Gasteiger partial charge in [0, 0.05) is 18.7 Å². The molecule has 2 atom stereocenters. The number of carbonyl (C=O) groups is 2. The molecule has 0 radical (unpaired) electrons. The molecule has 4 N–H and O–H groups in total. The Morgan fingerprint density at radius 1 is 1.43 bits per heavy atom. The average molecular weight is 295 g/mol. The van der Waals surface area contributed by atoms with Crippen molar-refractivity contribution < 1.29 is 18.7 Å². The molecule has 0 spiro atoms. The number of carbonyl (C=O) groups excluding carboxylic acids is 2. The first kappa shape index (κ1) is 15.4. The van der Waals surface area contributed by atoms with Crippen molar-refractivity contribution in [2.75, 3.05) is 23.8 Å². The fraction of sp³-hybridized carbons (Fsp3) is 0.429. The van der Waals surface area contributed by atoms with Crippen molar-refractivity contribution in [3.63, 3.8) is 0 Å². The van der Waals surface area contributed by atoms with Crippen molar-refractivity contribution in [2.45, 2.75) is 19.9 Å². The third-order valence-electron chi connectivity index (χ3n) is 3.57. The summed E-state index contributed by atoms with van der Waals surface area (Å²) in [4.78, 5) is 23.3. The molecule has 7 heteroatoms. The maximum atomic E-state index is 13.5. The van der Waals surface area contributed by atoms with E-state index < -0.39 is 23.2 Å². The summed E-state index contributed by atoms with van der Waals surface area (Å²) in [6.07, 6.45) is 0. The van der Waals surface area contributed by atoms with Crippen LogP contribution in [0, 0.1) is 11.2 Å². The first-order valence-electron chi connectivity index (χ1n) is 6.55. The first-order valence-corrected chi connectivity index (χ1v) is 6.55. The molecular weight excluding hydrogens is 277 g/mol. The van der Waals surface area contributed by atoms with Crippen molar-refractivity contribution in [3.05, 3.63) is 24.0 Å². The number of anilines is 2. The lowest BCUT2D eigenvalue weighted by atomic mass is 9.85. The van der Waals surface area contributed by atoms with Gasteiger partial charge in [-0.05, 0) is 25.1 Å². The van der Waals surface area contributed by atoms with Gasteiger partial charge in [-0.25, -0.2) is 4.39 Å². The van der Waals surface area contributed by atoms with Crippen LogP contribution < -0.4 is 16.4 Å². The normalized spacial score (nSPS) is 24.7. The SMILES string of the molecule is CC(=O)Nc1cc(NC(=O)C2(C)COCC2N)ccc1F. The van der Waals surface area contributed by atoms with E-state index in [1.165, 1.54) is 25.1 Å². The Morgan fingerprint density at radius 2 is 2.14 bits per heavy atom. The van der Waals surface area contributed by atoms with Gasteiger partial charge in [-0.3, -0.25) is 9.59 Å². The van der Waals surface area contributed by atoms with E-state index in [2.05, 4.69) is 10.6 Å². The van der Waals surface area contributed by atoms with Gasteiger partial charge in [0.05, 0.1) is 24.3 Å². The van der Waals surface area contributed by atoms with Gasteiger partial charge in [0.15, 0.2) is 0 Å². The molecule has 1 aromatic carbocycles. The van der Waals surface area contributed by atoms with E-state index in [4.69, 9.17) is 10.5 Å². The molecule has 0 bridgehead atoms. The zero-order valence-corrected chi connectivity index (χ0v) is 11.9. The molecule has 1 fully saturated rings. The minimum atomic E-state index is -0.831. The van der Waals surface area contributed by atoms with Crippen molar-refractivity contribution in [3.8, 4) is 0 Å². The van der Waals surface area contributed by atoms with Crippen LogP contribution in [0.4, 0.5) is 15.8 Å². The molecule has 6 nitrogen and oxygen atoms in total. The van der Waals surface area contributed by atoms with Crippen molar-refractivity contribution in [2.24, 2.45) is 11.1 Å². The van der Waals surface area contributed by atoms with Crippen molar-refractivity contribution >= 4 is 23.2 Å². The summed E-state index contributed by atoms with van der Waals surface area (Å²) in [7, 11) is 0. The number of ether oxygens (including phenoxy) is 1. The highest BCUT2D eigenvalue weighted by Crippen LogP contribution is 2.29. The monoisotopic (exact) mass is 295 g/mol. The lowest BCUT2D eigenvalue weighted by molar-refractivity contribution is -0.125. The van der Waals surface area contributed by atoms with Crippen LogP contribution in [0.5, 0.6) is 0 Å². The van der Waals surface area contributed by atoms with E-state index in [0.29, 0.717) is 12.3 Å². The molecule has 1 heterocycles. The third-order valence-corrected chi connectivity index (χ3v) is 3.57. The molecule has 2 amide bonds. The summed E-state index contributed by atoms with van der Waals surface area (Å²) in [5.41, 5.74) is 5.45. The summed E-state index contributed by atoms with van der Waals surface area (Å²) in [5, 5.41) is 5.04. The number of rotatable bonds is 3. The predicted octanol–water partition coefficient (Wildman–Crippen LogP) is 1.09. The molecule has 0 aromatic heterocycles. The van der Waals surface area contributed by atoms with Crippen LogP contribution in [0.25, 0.3) is 0 Å². The molecule has 0 saturated carbocycles.